The van der Waals surface area contributed by atoms with E-state index >= 15 is 0 Å². The SMILES string of the molecule is Cn1cc(C(F)(F)F)nc1-c1ccc(CNc2c(CO)cnc(Cl)c2F)cc1. The Kier molecular flexibility index (Phi) is 5.57. The average Bonchev–Trinajstić information content (AvgIpc) is 3.05. The molecule has 3 rings (SSSR count). The van der Waals surface area contributed by atoms with E-state index in [1.54, 1.807) is 24.3 Å². The lowest BCUT2D eigenvalue weighted by Gasteiger charge is -2.12. The van der Waals surface area contributed by atoms with Crippen molar-refractivity contribution < 1.29 is 22.7 Å². The van der Waals surface area contributed by atoms with Gasteiger partial charge in [0.1, 0.15) is 5.82 Å². The van der Waals surface area contributed by atoms with Crippen LogP contribution in [0.4, 0.5) is 23.2 Å². The third-order valence-corrected chi connectivity index (χ3v) is 4.34. The quantitative estimate of drug-likeness (QED) is 0.480. The molecule has 0 saturated carbocycles. The Hall–Kier alpha value is -2.65. The van der Waals surface area contributed by atoms with E-state index in [1.807, 2.05) is 0 Å². The lowest BCUT2D eigenvalue weighted by Crippen LogP contribution is -2.06. The predicted octanol–water partition coefficient (Wildman–Crippen LogP) is 4.40. The summed E-state index contributed by atoms with van der Waals surface area (Å²) in [6.07, 6.45) is -2.31. The molecule has 28 heavy (non-hydrogen) atoms. The summed E-state index contributed by atoms with van der Waals surface area (Å²) in [6, 6.07) is 6.62. The molecule has 2 N–H and O–H groups in total. The Labute approximate surface area is 162 Å². The highest BCUT2D eigenvalue weighted by atomic mass is 35.5. The Balaban J connectivity index is 1.78. The summed E-state index contributed by atoms with van der Waals surface area (Å²) in [7, 11) is 1.49. The molecule has 5 nitrogen and oxygen atoms in total. The van der Waals surface area contributed by atoms with Gasteiger partial charge in [0, 0.05) is 37.1 Å². The number of hydrogen-bond donors (Lipinski definition) is 2. The van der Waals surface area contributed by atoms with E-state index in [-0.39, 0.29) is 28.8 Å². The zero-order valence-electron chi connectivity index (χ0n) is 14.6. The molecule has 0 saturated heterocycles. The molecule has 0 aliphatic carbocycles. The van der Waals surface area contributed by atoms with Crippen molar-refractivity contribution in [3.63, 3.8) is 0 Å². The second-order valence-corrected chi connectivity index (χ2v) is 6.39. The summed E-state index contributed by atoms with van der Waals surface area (Å²) in [5.41, 5.74) is 0.593. The minimum Gasteiger partial charge on any atom is -0.392 e. The van der Waals surface area contributed by atoms with E-state index in [2.05, 4.69) is 15.3 Å². The van der Waals surface area contributed by atoms with Gasteiger partial charge in [-0.1, -0.05) is 35.9 Å². The zero-order chi connectivity index (χ0) is 20.5. The van der Waals surface area contributed by atoms with Gasteiger partial charge in [-0.25, -0.2) is 14.4 Å². The van der Waals surface area contributed by atoms with Gasteiger partial charge in [0.15, 0.2) is 16.7 Å². The lowest BCUT2D eigenvalue weighted by atomic mass is 10.1. The van der Waals surface area contributed by atoms with Crippen molar-refractivity contribution >= 4 is 17.3 Å². The van der Waals surface area contributed by atoms with Crippen LogP contribution in [-0.2, 0) is 26.4 Å². The van der Waals surface area contributed by atoms with E-state index < -0.39 is 24.3 Å². The number of alkyl halides is 3. The monoisotopic (exact) mass is 414 g/mol. The van der Waals surface area contributed by atoms with Crippen molar-refractivity contribution in [1.82, 2.24) is 14.5 Å². The number of aliphatic hydroxyl groups is 1. The van der Waals surface area contributed by atoms with Crippen LogP contribution in [0.1, 0.15) is 16.8 Å². The van der Waals surface area contributed by atoms with E-state index in [1.165, 1.54) is 17.8 Å². The molecule has 0 fully saturated rings. The molecule has 10 heteroatoms. The average molecular weight is 415 g/mol. The van der Waals surface area contributed by atoms with Crippen LogP contribution >= 0.6 is 11.6 Å². The number of nitrogens with zero attached hydrogens (tertiary/aromatic N) is 3. The van der Waals surface area contributed by atoms with Gasteiger partial charge in [0.2, 0.25) is 0 Å². The Morgan fingerprint density at radius 1 is 1.21 bits per heavy atom. The fourth-order valence-corrected chi connectivity index (χ4v) is 2.79. The van der Waals surface area contributed by atoms with Crippen molar-refractivity contribution in [1.29, 1.82) is 0 Å². The number of benzene rings is 1. The smallest absolute Gasteiger partial charge is 0.392 e. The van der Waals surface area contributed by atoms with Gasteiger partial charge in [-0.05, 0) is 5.56 Å². The summed E-state index contributed by atoms with van der Waals surface area (Å²) >= 11 is 5.66. The fraction of sp³-hybridized carbons (Fsp3) is 0.222. The minimum absolute atomic E-state index is 0.0468. The lowest BCUT2D eigenvalue weighted by molar-refractivity contribution is -0.140. The predicted molar refractivity (Wildman–Crippen MR) is 96.1 cm³/mol. The van der Waals surface area contributed by atoms with E-state index in [0.717, 1.165) is 11.8 Å². The highest BCUT2D eigenvalue weighted by Crippen LogP contribution is 2.31. The van der Waals surface area contributed by atoms with Crippen LogP contribution in [0.2, 0.25) is 5.15 Å². The largest absolute Gasteiger partial charge is 0.434 e. The first-order valence-corrected chi connectivity index (χ1v) is 8.46. The van der Waals surface area contributed by atoms with Gasteiger partial charge >= 0.3 is 6.18 Å². The highest BCUT2D eigenvalue weighted by molar-refractivity contribution is 6.29. The molecule has 0 bridgehead atoms. The van der Waals surface area contributed by atoms with Gasteiger partial charge in [0.25, 0.3) is 0 Å². The van der Waals surface area contributed by atoms with Crippen molar-refractivity contribution in [3.8, 4) is 11.4 Å². The van der Waals surface area contributed by atoms with E-state index in [9.17, 15) is 22.7 Å². The molecule has 0 aliphatic rings. The summed E-state index contributed by atoms with van der Waals surface area (Å²) in [5, 5.41) is 11.8. The molecular formula is C18H15ClF4N4O. The molecule has 0 amide bonds. The Bertz CT molecular complexity index is 986. The maximum atomic E-state index is 14.1. The number of anilines is 1. The highest BCUT2D eigenvalue weighted by Gasteiger charge is 2.34. The standard InChI is InChI=1S/C18H15ClF4N4O/c1-27-8-13(18(21,22)23)26-17(27)11-4-2-10(3-5-11)6-24-15-12(9-28)7-25-16(19)14(15)20/h2-5,7-8,28H,6,9H2,1H3,(H,24,25). The van der Waals surface area contributed by atoms with Gasteiger partial charge in [-0.15, -0.1) is 0 Å². The van der Waals surface area contributed by atoms with Gasteiger partial charge in [0.05, 0.1) is 12.3 Å². The summed E-state index contributed by atoms with van der Waals surface area (Å²) in [6.45, 7) is -0.206. The molecule has 0 radical (unpaired) electrons. The summed E-state index contributed by atoms with van der Waals surface area (Å²) in [4.78, 5) is 7.28. The second kappa shape index (κ2) is 7.76. The molecule has 2 heterocycles. The van der Waals surface area contributed by atoms with Crippen LogP contribution in [0.3, 0.4) is 0 Å². The van der Waals surface area contributed by atoms with Gasteiger partial charge in [-0.3, -0.25) is 0 Å². The first-order valence-electron chi connectivity index (χ1n) is 8.08. The van der Waals surface area contributed by atoms with Crippen LogP contribution in [0.25, 0.3) is 11.4 Å². The first-order chi connectivity index (χ1) is 13.2. The number of rotatable bonds is 5. The van der Waals surface area contributed by atoms with Crippen molar-refractivity contribution in [2.24, 2.45) is 7.05 Å². The number of imidazole rings is 1. The van der Waals surface area contributed by atoms with Gasteiger partial charge < -0.3 is 15.0 Å². The molecule has 1 aromatic carbocycles. The maximum absolute atomic E-state index is 14.1. The summed E-state index contributed by atoms with van der Waals surface area (Å²) in [5.74, 6) is -0.584. The normalized spacial score (nSPS) is 11.7. The van der Waals surface area contributed by atoms with Crippen molar-refractivity contribution in [2.45, 2.75) is 19.3 Å². The number of nitrogens with one attached hydrogen (secondary N) is 1. The van der Waals surface area contributed by atoms with Crippen LogP contribution in [0.5, 0.6) is 0 Å². The molecular weight excluding hydrogens is 400 g/mol. The molecule has 2 aromatic heterocycles. The Morgan fingerprint density at radius 3 is 2.46 bits per heavy atom. The van der Waals surface area contributed by atoms with Crippen molar-refractivity contribution in [2.75, 3.05) is 5.32 Å². The van der Waals surface area contributed by atoms with E-state index in [0.29, 0.717) is 5.56 Å². The van der Waals surface area contributed by atoms with E-state index in [4.69, 9.17) is 11.6 Å². The first kappa shape index (κ1) is 20.1. The van der Waals surface area contributed by atoms with Gasteiger partial charge in [-0.2, -0.15) is 13.2 Å². The molecule has 148 valence electrons. The Morgan fingerprint density at radius 2 is 1.89 bits per heavy atom. The topological polar surface area (TPSA) is 63.0 Å². The number of aromatic nitrogens is 3. The zero-order valence-corrected chi connectivity index (χ0v) is 15.3. The molecule has 0 spiro atoms. The molecule has 0 aliphatic heterocycles. The third-order valence-electron chi connectivity index (χ3n) is 4.07. The van der Waals surface area contributed by atoms with Crippen LogP contribution in [0.15, 0.2) is 36.7 Å². The summed E-state index contributed by atoms with van der Waals surface area (Å²) < 4.78 is 53.8. The molecule has 0 atom stereocenters. The fourth-order valence-electron chi connectivity index (χ4n) is 2.64. The number of aliphatic hydroxyl groups excluding tert-OH is 1. The number of aryl methyl sites for hydroxylation is 1. The molecule has 3 aromatic rings. The second-order valence-electron chi connectivity index (χ2n) is 6.03. The van der Waals surface area contributed by atoms with Crippen LogP contribution < -0.4 is 5.32 Å². The number of hydrogen-bond acceptors (Lipinski definition) is 4. The van der Waals surface area contributed by atoms with Crippen molar-refractivity contribution in [3.05, 3.63) is 64.5 Å². The van der Waals surface area contributed by atoms with Crippen LogP contribution in [-0.4, -0.2) is 19.6 Å². The number of halogens is 5. The minimum atomic E-state index is -4.51. The third kappa shape index (κ3) is 4.10. The number of pyridine rings is 1. The molecule has 0 unspecified atom stereocenters. The van der Waals surface area contributed by atoms with Crippen LogP contribution in [0, 0.1) is 5.82 Å². The maximum Gasteiger partial charge on any atom is 0.434 e.